The van der Waals surface area contributed by atoms with Crippen LogP contribution in [0.15, 0.2) is 18.2 Å². The molecule has 2 atom stereocenters. The molecule has 0 aliphatic carbocycles. The number of alkyl halides is 6. The first-order chi connectivity index (χ1) is 13.2. The summed E-state index contributed by atoms with van der Waals surface area (Å²) in [7, 11) is 0. The molecule has 0 saturated carbocycles. The minimum Gasteiger partial charge on any atom is -0.466 e. The lowest BCUT2D eigenvalue weighted by atomic mass is 9.96. The number of ether oxygens (including phenoxy) is 1. The van der Waals surface area contributed by atoms with Gasteiger partial charge in [0.25, 0.3) is 5.91 Å². The zero-order chi connectivity index (χ0) is 22.6. The quantitative estimate of drug-likeness (QED) is 0.516. The van der Waals surface area contributed by atoms with Gasteiger partial charge in [0.2, 0.25) is 5.91 Å². The topological polar surface area (TPSA) is 98.5 Å². The van der Waals surface area contributed by atoms with Crippen LogP contribution in [0.3, 0.4) is 0 Å². The molecule has 0 aromatic heterocycles. The average Bonchev–Trinajstić information content (AvgIpc) is 2.57. The molecule has 0 radical (unpaired) electrons. The van der Waals surface area contributed by atoms with Crippen molar-refractivity contribution in [3.8, 4) is 0 Å². The maximum atomic E-state index is 12.9. The minimum atomic E-state index is -5.14. The highest BCUT2D eigenvalue weighted by Crippen LogP contribution is 2.36. The van der Waals surface area contributed by atoms with E-state index in [-0.39, 0.29) is 31.2 Å². The van der Waals surface area contributed by atoms with Gasteiger partial charge in [0.1, 0.15) is 6.04 Å². The van der Waals surface area contributed by atoms with Gasteiger partial charge in [0.05, 0.1) is 24.2 Å². The largest absolute Gasteiger partial charge is 0.466 e. The summed E-state index contributed by atoms with van der Waals surface area (Å²) >= 11 is 0. The Bertz CT molecular complexity index is 744. The molecule has 29 heavy (non-hydrogen) atoms. The van der Waals surface area contributed by atoms with E-state index in [1.54, 1.807) is 0 Å². The number of rotatable bonds is 7. The molecule has 0 unspecified atom stereocenters. The zero-order valence-corrected chi connectivity index (χ0v) is 15.3. The third-order valence-electron chi connectivity index (χ3n) is 3.81. The van der Waals surface area contributed by atoms with Gasteiger partial charge < -0.3 is 15.8 Å². The second kappa shape index (κ2) is 9.14. The summed E-state index contributed by atoms with van der Waals surface area (Å²) in [6.07, 6.45) is -10.6. The van der Waals surface area contributed by atoms with Crippen LogP contribution in [0.2, 0.25) is 0 Å². The van der Waals surface area contributed by atoms with E-state index in [0.29, 0.717) is 0 Å². The number of benzene rings is 1. The standard InChI is InChI=1S/C17H18F6N2O4/c1-3-29-12(26)4-8(2)13(14(24)27)25-15(28)9-5-10(16(18,19)20)7-11(6-9)17(21,22)23/h5-8,13H,3-4H2,1-2H3,(H2,24,27)(H,25,28)/t8-,13+/m1/s1. The summed E-state index contributed by atoms with van der Waals surface area (Å²) in [6, 6.07) is -1.22. The zero-order valence-electron chi connectivity index (χ0n) is 15.3. The molecule has 0 spiro atoms. The molecule has 1 aromatic rings. The second-order valence-corrected chi connectivity index (χ2v) is 6.13. The summed E-state index contributed by atoms with van der Waals surface area (Å²) in [5.74, 6) is -4.17. The summed E-state index contributed by atoms with van der Waals surface area (Å²) in [5, 5.41) is 1.98. The van der Waals surface area contributed by atoms with Crippen LogP contribution in [-0.2, 0) is 26.7 Å². The van der Waals surface area contributed by atoms with Crippen molar-refractivity contribution in [1.82, 2.24) is 5.32 Å². The fourth-order valence-corrected chi connectivity index (χ4v) is 2.41. The lowest BCUT2D eigenvalue weighted by Gasteiger charge is -2.22. The van der Waals surface area contributed by atoms with E-state index in [1.165, 1.54) is 13.8 Å². The molecule has 12 heteroatoms. The Morgan fingerprint density at radius 1 is 1.03 bits per heavy atom. The second-order valence-electron chi connectivity index (χ2n) is 6.13. The van der Waals surface area contributed by atoms with Gasteiger partial charge in [-0.1, -0.05) is 6.92 Å². The number of nitrogens with two attached hydrogens (primary N) is 1. The monoisotopic (exact) mass is 428 g/mol. The van der Waals surface area contributed by atoms with E-state index >= 15 is 0 Å². The van der Waals surface area contributed by atoms with Crippen molar-refractivity contribution in [2.24, 2.45) is 11.7 Å². The predicted octanol–water partition coefficient (Wildman–Crippen LogP) is 2.90. The molecule has 0 bridgehead atoms. The molecule has 6 nitrogen and oxygen atoms in total. The van der Waals surface area contributed by atoms with E-state index in [2.05, 4.69) is 4.74 Å². The van der Waals surface area contributed by atoms with Gasteiger partial charge >= 0.3 is 18.3 Å². The van der Waals surface area contributed by atoms with Crippen LogP contribution in [0, 0.1) is 5.92 Å². The first kappa shape index (κ1) is 24.2. The van der Waals surface area contributed by atoms with Crippen molar-refractivity contribution >= 4 is 17.8 Å². The molecule has 0 heterocycles. The van der Waals surface area contributed by atoms with Gasteiger partial charge in [-0.2, -0.15) is 26.3 Å². The number of amides is 2. The molecule has 3 N–H and O–H groups in total. The van der Waals surface area contributed by atoms with Crippen molar-refractivity contribution < 1.29 is 45.5 Å². The summed E-state index contributed by atoms with van der Waals surface area (Å²) in [4.78, 5) is 35.4. The Kier molecular flexibility index (Phi) is 7.64. The van der Waals surface area contributed by atoms with Crippen molar-refractivity contribution in [2.45, 2.75) is 38.7 Å². The van der Waals surface area contributed by atoms with Gasteiger partial charge in [0, 0.05) is 5.56 Å². The van der Waals surface area contributed by atoms with Gasteiger partial charge in [-0.15, -0.1) is 0 Å². The number of hydrogen-bond acceptors (Lipinski definition) is 4. The van der Waals surface area contributed by atoms with E-state index in [1.807, 2.05) is 5.32 Å². The third kappa shape index (κ3) is 6.95. The van der Waals surface area contributed by atoms with Crippen molar-refractivity contribution in [2.75, 3.05) is 6.61 Å². The van der Waals surface area contributed by atoms with E-state index < -0.39 is 58.8 Å². The number of primary amides is 1. The lowest BCUT2D eigenvalue weighted by molar-refractivity contribution is -0.145. The van der Waals surface area contributed by atoms with Gasteiger partial charge in [-0.3, -0.25) is 14.4 Å². The van der Waals surface area contributed by atoms with Crippen LogP contribution >= 0.6 is 0 Å². The van der Waals surface area contributed by atoms with Crippen LogP contribution < -0.4 is 11.1 Å². The molecular weight excluding hydrogens is 410 g/mol. The van der Waals surface area contributed by atoms with Crippen LogP contribution in [0.4, 0.5) is 26.3 Å². The maximum Gasteiger partial charge on any atom is 0.416 e. The number of esters is 1. The molecular formula is C17H18F6N2O4. The summed E-state index contributed by atoms with van der Waals surface area (Å²) in [5.41, 5.74) is 0.801. The molecule has 1 rings (SSSR count). The van der Waals surface area contributed by atoms with Gasteiger partial charge in [0.15, 0.2) is 0 Å². The van der Waals surface area contributed by atoms with E-state index in [9.17, 15) is 40.7 Å². The predicted molar refractivity (Wildman–Crippen MR) is 87.3 cm³/mol. The van der Waals surface area contributed by atoms with Crippen LogP contribution in [0.1, 0.15) is 41.8 Å². The number of halogens is 6. The highest BCUT2D eigenvalue weighted by Gasteiger charge is 2.38. The Hall–Kier alpha value is -2.79. The smallest absolute Gasteiger partial charge is 0.416 e. The number of nitrogens with one attached hydrogen (secondary N) is 1. The number of hydrogen-bond donors (Lipinski definition) is 2. The highest BCUT2D eigenvalue weighted by atomic mass is 19.4. The van der Waals surface area contributed by atoms with Gasteiger partial charge in [-0.05, 0) is 31.0 Å². The van der Waals surface area contributed by atoms with E-state index in [0.717, 1.165) is 0 Å². The van der Waals surface area contributed by atoms with E-state index in [4.69, 9.17) is 5.73 Å². The maximum absolute atomic E-state index is 12.9. The fourth-order valence-electron chi connectivity index (χ4n) is 2.41. The molecule has 0 fully saturated rings. The van der Waals surface area contributed by atoms with Crippen molar-refractivity contribution in [3.63, 3.8) is 0 Å². The van der Waals surface area contributed by atoms with Crippen molar-refractivity contribution in [3.05, 3.63) is 34.9 Å². The summed E-state index contributed by atoms with van der Waals surface area (Å²) in [6.45, 7) is 2.91. The molecule has 162 valence electrons. The number of carbonyl (C=O) groups excluding carboxylic acids is 3. The fraction of sp³-hybridized carbons (Fsp3) is 0.471. The lowest BCUT2D eigenvalue weighted by Crippen LogP contribution is -2.49. The molecule has 0 aliphatic heterocycles. The molecule has 2 amide bonds. The van der Waals surface area contributed by atoms with Crippen LogP contribution in [0.25, 0.3) is 0 Å². The highest BCUT2D eigenvalue weighted by molar-refractivity contribution is 5.97. The molecule has 0 aliphatic rings. The van der Waals surface area contributed by atoms with Gasteiger partial charge in [-0.25, -0.2) is 0 Å². The number of carbonyl (C=O) groups is 3. The Balaban J connectivity index is 3.20. The van der Waals surface area contributed by atoms with Crippen LogP contribution in [0.5, 0.6) is 0 Å². The Morgan fingerprint density at radius 2 is 1.52 bits per heavy atom. The molecule has 1 aromatic carbocycles. The Morgan fingerprint density at radius 3 is 1.90 bits per heavy atom. The normalized spacial score (nSPS) is 14.1. The minimum absolute atomic E-state index is 0.0452. The first-order valence-corrected chi connectivity index (χ1v) is 8.22. The molecule has 0 saturated heterocycles. The summed E-state index contributed by atoms with van der Waals surface area (Å²) < 4.78 is 82.1. The SMILES string of the molecule is CCOC(=O)C[C@@H](C)[C@H](NC(=O)c1cc(C(F)(F)F)cc(C(F)(F)F)c1)C(N)=O. The first-order valence-electron chi connectivity index (χ1n) is 8.22. The third-order valence-corrected chi connectivity index (χ3v) is 3.81. The van der Waals surface area contributed by atoms with Crippen LogP contribution in [-0.4, -0.2) is 30.4 Å². The average molecular weight is 428 g/mol. The van der Waals surface area contributed by atoms with Crippen molar-refractivity contribution in [1.29, 1.82) is 0 Å². The Labute approximate surface area is 161 Å².